The van der Waals surface area contributed by atoms with Gasteiger partial charge < -0.3 is 9.84 Å². The molecule has 4 aliphatic rings. The Hall–Kier alpha value is -1.79. The highest BCUT2D eigenvalue weighted by Gasteiger charge is 2.59. The van der Waals surface area contributed by atoms with E-state index in [9.17, 15) is 9.90 Å². The number of carbonyl (C=O) groups is 1. The number of methoxy groups -OCH3 is 1. The lowest BCUT2D eigenvalue weighted by molar-refractivity contribution is -0.137. The third kappa shape index (κ3) is 3.63. The number of carbonyl (C=O) groups excluding carboxylic acids is 1. The second kappa shape index (κ2) is 8.41. The van der Waals surface area contributed by atoms with Gasteiger partial charge in [0, 0.05) is 13.0 Å². The van der Waals surface area contributed by atoms with Crippen LogP contribution < -0.4 is 0 Å². The maximum absolute atomic E-state index is 13.5. The van der Waals surface area contributed by atoms with Crippen molar-refractivity contribution in [1.29, 1.82) is 0 Å². The summed E-state index contributed by atoms with van der Waals surface area (Å²) in [5.74, 6) is 4.01. The summed E-state index contributed by atoms with van der Waals surface area (Å²) in [5.41, 5.74) is 1.20. The second-order valence-corrected chi connectivity index (χ2v) is 12.2. The lowest BCUT2D eigenvalue weighted by Crippen LogP contribution is -2.52. The van der Waals surface area contributed by atoms with Crippen LogP contribution in [0, 0.1) is 40.9 Å². The van der Waals surface area contributed by atoms with Crippen molar-refractivity contribution in [3.05, 3.63) is 24.3 Å². The first-order valence-corrected chi connectivity index (χ1v) is 13.4. The highest BCUT2D eigenvalue weighted by Crippen LogP contribution is 2.64. The van der Waals surface area contributed by atoms with Crippen molar-refractivity contribution in [1.82, 2.24) is 15.0 Å². The minimum Gasteiger partial charge on any atom is -0.387 e. The molecular formula is C28H39N3O3. The van der Waals surface area contributed by atoms with Gasteiger partial charge in [-0.25, -0.2) is 0 Å². The zero-order valence-corrected chi connectivity index (χ0v) is 20.7. The van der Waals surface area contributed by atoms with Crippen LogP contribution >= 0.6 is 0 Å². The van der Waals surface area contributed by atoms with Crippen molar-refractivity contribution in [2.75, 3.05) is 13.7 Å². The molecule has 4 aliphatic carbocycles. The molecule has 8 atom stereocenters. The van der Waals surface area contributed by atoms with Crippen molar-refractivity contribution in [3.63, 3.8) is 0 Å². The fraction of sp³-hybridized carbons (Fsp3) is 0.750. The van der Waals surface area contributed by atoms with E-state index in [1.165, 1.54) is 25.7 Å². The predicted octanol–water partition coefficient (Wildman–Crippen LogP) is 4.65. The molecule has 4 fully saturated rings. The Morgan fingerprint density at radius 2 is 1.76 bits per heavy atom. The van der Waals surface area contributed by atoms with Gasteiger partial charge in [0.25, 0.3) is 0 Å². The zero-order chi connectivity index (χ0) is 23.5. The SMILES string of the molecule is COC[C@@]1(O)CC[C@H]2C(CC[C@@H]3[C@@H]2CC[C@]2(C)[C@@H](C(=O)Cn4nc5ccccc5n4)CC[C@@H]32)C1. The Morgan fingerprint density at radius 1 is 1.03 bits per heavy atom. The van der Waals surface area contributed by atoms with E-state index in [4.69, 9.17) is 4.74 Å². The van der Waals surface area contributed by atoms with Gasteiger partial charge in [-0.1, -0.05) is 19.1 Å². The normalized spacial score (nSPS) is 41.6. The lowest BCUT2D eigenvalue weighted by Gasteiger charge is -2.57. The molecule has 0 aliphatic heterocycles. The zero-order valence-electron chi connectivity index (χ0n) is 20.7. The van der Waals surface area contributed by atoms with E-state index in [0.717, 1.165) is 60.9 Å². The number of ketones is 1. The first-order chi connectivity index (χ1) is 16.4. The Labute approximate surface area is 202 Å². The van der Waals surface area contributed by atoms with Gasteiger partial charge >= 0.3 is 0 Å². The van der Waals surface area contributed by atoms with Gasteiger partial charge in [-0.05, 0) is 105 Å². The summed E-state index contributed by atoms with van der Waals surface area (Å²) >= 11 is 0. The van der Waals surface area contributed by atoms with E-state index in [0.29, 0.717) is 30.8 Å². The molecule has 0 saturated heterocycles. The smallest absolute Gasteiger partial charge is 0.159 e. The van der Waals surface area contributed by atoms with Crippen LogP contribution in [0.25, 0.3) is 11.0 Å². The van der Waals surface area contributed by atoms with Crippen LogP contribution in [0.5, 0.6) is 0 Å². The van der Waals surface area contributed by atoms with Crippen molar-refractivity contribution >= 4 is 16.8 Å². The van der Waals surface area contributed by atoms with Crippen molar-refractivity contribution < 1.29 is 14.6 Å². The first kappa shape index (κ1) is 22.7. The van der Waals surface area contributed by atoms with Crippen LogP contribution in [0.4, 0.5) is 0 Å². The van der Waals surface area contributed by atoms with Gasteiger partial charge in [0.1, 0.15) is 17.6 Å². The number of hydrogen-bond acceptors (Lipinski definition) is 5. The molecule has 0 bridgehead atoms. The van der Waals surface area contributed by atoms with E-state index in [-0.39, 0.29) is 11.3 Å². The molecule has 6 rings (SSSR count). The molecule has 184 valence electrons. The van der Waals surface area contributed by atoms with Gasteiger partial charge in [0.05, 0.1) is 12.2 Å². The van der Waals surface area contributed by atoms with Gasteiger partial charge in [0.2, 0.25) is 0 Å². The highest BCUT2D eigenvalue weighted by atomic mass is 16.5. The number of aromatic nitrogens is 3. The Balaban J connectivity index is 1.16. The molecule has 0 amide bonds. The molecule has 6 nitrogen and oxygen atoms in total. The van der Waals surface area contributed by atoms with Crippen molar-refractivity contribution in [2.24, 2.45) is 40.9 Å². The average Bonchev–Trinajstić information content (AvgIpc) is 3.38. The van der Waals surface area contributed by atoms with Crippen molar-refractivity contribution in [2.45, 2.75) is 76.9 Å². The van der Waals surface area contributed by atoms with Crippen LogP contribution in [0.3, 0.4) is 0 Å². The number of rotatable bonds is 5. The minimum absolute atomic E-state index is 0.114. The van der Waals surface area contributed by atoms with Crippen molar-refractivity contribution in [3.8, 4) is 0 Å². The third-order valence-corrected chi connectivity index (χ3v) is 10.5. The summed E-state index contributed by atoms with van der Waals surface area (Å²) in [6, 6.07) is 7.83. The molecule has 4 saturated carbocycles. The summed E-state index contributed by atoms with van der Waals surface area (Å²) in [5, 5.41) is 20.1. The molecule has 2 aromatic rings. The van der Waals surface area contributed by atoms with E-state index in [1.807, 2.05) is 24.3 Å². The van der Waals surface area contributed by atoms with Gasteiger partial charge in [-0.2, -0.15) is 15.0 Å². The topological polar surface area (TPSA) is 77.2 Å². The molecule has 0 spiro atoms. The number of hydrogen-bond donors (Lipinski definition) is 1. The van der Waals surface area contributed by atoms with Gasteiger partial charge in [-0.3, -0.25) is 4.79 Å². The van der Waals surface area contributed by atoms with E-state index in [2.05, 4.69) is 17.1 Å². The summed E-state index contributed by atoms with van der Waals surface area (Å²) in [6.45, 7) is 3.18. The quantitative estimate of drug-likeness (QED) is 0.696. The number of ether oxygens (including phenoxy) is 1. The number of fused-ring (bicyclic) bond motifs is 6. The summed E-state index contributed by atoms with van der Waals surface area (Å²) in [6.07, 6.45) is 10.0. The van der Waals surface area contributed by atoms with Crippen LogP contribution in [-0.4, -0.2) is 45.2 Å². The predicted molar refractivity (Wildman–Crippen MR) is 130 cm³/mol. The molecule has 1 N–H and O–H groups in total. The minimum atomic E-state index is -0.623. The van der Waals surface area contributed by atoms with Gasteiger partial charge in [0.15, 0.2) is 5.78 Å². The van der Waals surface area contributed by atoms with Crippen LogP contribution in [0.2, 0.25) is 0 Å². The lowest BCUT2D eigenvalue weighted by atomic mass is 9.49. The van der Waals surface area contributed by atoms with Gasteiger partial charge in [-0.15, -0.1) is 0 Å². The number of nitrogens with zero attached hydrogens (tertiary/aromatic N) is 3. The molecule has 1 aromatic carbocycles. The first-order valence-electron chi connectivity index (χ1n) is 13.4. The van der Waals surface area contributed by atoms with Crippen LogP contribution in [0.15, 0.2) is 24.3 Å². The summed E-state index contributed by atoms with van der Waals surface area (Å²) < 4.78 is 5.34. The largest absolute Gasteiger partial charge is 0.387 e. The fourth-order valence-corrected chi connectivity index (χ4v) is 9.12. The van der Waals surface area contributed by atoms with Crippen LogP contribution in [-0.2, 0) is 16.1 Å². The molecule has 0 radical (unpaired) electrons. The fourth-order valence-electron chi connectivity index (χ4n) is 9.12. The summed E-state index contributed by atoms with van der Waals surface area (Å²) in [4.78, 5) is 15.1. The Kier molecular flexibility index (Phi) is 5.60. The molecule has 1 aromatic heterocycles. The molecule has 6 heteroatoms. The Morgan fingerprint density at radius 3 is 2.50 bits per heavy atom. The third-order valence-electron chi connectivity index (χ3n) is 10.5. The molecule has 1 heterocycles. The number of benzene rings is 1. The monoisotopic (exact) mass is 465 g/mol. The number of aliphatic hydroxyl groups is 1. The van der Waals surface area contributed by atoms with Crippen LogP contribution in [0.1, 0.15) is 64.7 Å². The summed E-state index contributed by atoms with van der Waals surface area (Å²) in [7, 11) is 1.70. The highest BCUT2D eigenvalue weighted by molar-refractivity contribution is 5.82. The Bertz CT molecular complexity index is 1040. The molecule has 34 heavy (non-hydrogen) atoms. The maximum atomic E-state index is 13.5. The number of Topliss-reactive ketones (excluding diaryl/α,β-unsaturated/α-hetero) is 1. The molecular weight excluding hydrogens is 426 g/mol. The second-order valence-electron chi connectivity index (χ2n) is 12.2. The van der Waals surface area contributed by atoms with E-state index >= 15 is 0 Å². The van der Waals surface area contributed by atoms with E-state index in [1.54, 1.807) is 11.9 Å². The maximum Gasteiger partial charge on any atom is 0.159 e. The average molecular weight is 466 g/mol. The standard InChI is InChI=1S/C28H39N3O3/c1-27-13-11-20-19-12-14-28(33,17-34-2)15-18(19)7-8-21(20)22(27)9-10-23(27)26(32)16-31-29-24-5-3-4-6-25(24)30-31/h3-6,18-23,33H,7-17H2,1-2H3/t18?,19-,20+,21+,22-,23+,27-,28+/m0/s1. The van der Waals surface area contributed by atoms with E-state index < -0.39 is 5.60 Å². The molecule has 1 unspecified atom stereocenters.